The molecule has 0 aliphatic rings. The first-order valence-corrected chi connectivity index (χ1v) is 6.71. The van der Waals surface area contributed by atoms with Crippen LogP contribution in [0.5, 0.6) is 0 Å². The Morgan fingerprint density at radius 2 is 2.26 bits per heavy atom. The Balaban J connectivity index is 2.25. The normalized spacial score (nSPS) is 10.5. The van der Waals surface area contributed by atoms with E-state index in [1.807, 2.05) is 32.0 Å². The van der Waals surface area contributed by atoms with Crippen molar-refractivity contribution in [3.63, 3.8) is 0 Å². The molecule has 1 heterocycles. The van der Waals surface area contributed by atoms with Crippen LogP contribution in [0.4, 0.5) is 11.4 Å². The van der Waals surface area contributed by atoms with Crippen LogP contribution in [0.2, 0.25) is 0 Å². The van der Waals surface area contributed by atoms with Gasteiger partial charge in [-0.25, -0.2) is 0 Å². The van der Waals surface area contributed by atoms with E-state index < -0.39 is 0 Å². The first kappa shape index (κ1) is 13.6. The molecular formula is C13H15BrN4O. The van der Waals surface area contributed by atoms with E-state index in [1.165, 1.54) is 0 Å². The summed E-state index contributed by atoms with van der Waals surface area (Å²) in [4.78, 5) is 12.1. The van der Waals surface area contributed by atoms with Crippen LogP contribution in [0.25, 0.3) is 0 Å². The summed E-state index contributed by atoms with van der Waals surface area (Å²) >= 11 is 3.38. The molecule has 0 fully saturated rings. The van der Waals surface area contributed by atoms with E-state index >= 15 is 0 Å². The van der Waals surface area contributed by atoms with E-state index in [0.717, 1.165) is 15.7 Å². The third-order valence-corrected chi connectivity index (χ3v) is 3.27. The third-order valence-electron chi connectivity index (χ3n) is 2.78. The number of nitrogens with two attached hydrogens (primary N) is 1. The van der Waals surface area contributed by atoms with Crippen LogP contribution in [0, 0.1) is 6.92 Å². The third kappa shape index (κ3) is 2.96. The second kappa shape index (κ2) is 5.44. The zero-order chi connectivity index (χ0) is 14.0. The number of hydrogen-bond donors (Lipinski definition) is 2. The number of carbonyl (C=O) groups is 1. The molecule has 1 aromatic carbocycles. The van der Waals surface area contributed by atoms with E-state index in [0.29, 0.717) is 12.2 Å². The van der Waals surface area contributed by atoms with Crippen molar-refractivity contribution in [2.75, 3.05) is 11.1 Å². The monoisotopic (exact) mass is 322 g/mol. The van der Waals surface area contributed by atoms with Gasteiger partial charge < -0.3 is 11.1 Å². The Labute approximate surface area is 119 Å². The van der Waals surface area contributed by atoms with E-state index in [9.17, 15) is 4.79 Å². The average molecular weight is 323 g/mol. The van der Waals surface area contributed by atoms with Gasteiger partial charge in [-0.05, 0) is 31.5 Å². The van der Waals surface area contributed by atoms with Gasteiger partial charge in [-0.3, -0.25) is 9.48 Å². The lowest BCUT2D eigenvalue weighted by molar-refractivity contribution is 0.102. The van der Waals surface area contributed by atoms with Gasteiger partial charge in [0.15, 0.2) is 5.69 Å². The van der Waals surface area contributed by atoms with Gasteiger partial charge in [-0.1, -0.05) is 22.0 Å². The highest BCUT2D eigenvalue weighted by Gasteiger charge is 2.15. The molecule has 0 atom stereocenters. The number of nitrogen functional groups attached to an aromatic ring is 1. The first-order valence-electron chi connectivity index (χ1n) is 5.91. The number of nitrogens with zero attached hydrogens (tertiary/aromatic N) is 2. The number of amides is 1. The molecule has 100 valence electrons. The highest BCUT2D eigenvalue weighted by Crippen LogP contribution is 2.21. The molecule has 0 aliphatic heterocycles. The van der Waals surface area contributed by atoms with Crippen molar-refractivity contribution in [1.29, 1.82) is 0 Å². The summed E-state index contributed by atoms with van der Waals surface area (Å²) in [5.41, 5.74) is 8.14. The zero-order valence-electron chi connectivity index (χ0n) is 10.8. The Bertz CT molecular complexity index is 621. The van der Waals surface area contributed by atoms with Crippen LogP contribution in [0.1, 0.15) is 23.0 Å². The summed E-state index contributed by atoms with van der Waals surface area (Å²) in [6.07, 6.45) is 1.66. The number of aromatic nitrogens is 2. The minimum absolute atomic E-state index is 0.251. The number of anilines is 2. The lowest BCUT2D eigenvalue weighted by Crippen LogP contribution is -2.15. The van der Waals surface area contributed by atoms with Crippen LogP contribution < -0.4 is 11.1 Å². The van der Waals surface area contributed by atoms with Crippen LogP contribution >= 0.6 is 15.9 Å². The fourth-order valence-corrected chi connectivity index (χ4v) is 2.05. The van der Waals surface area contributed by atoms with Crippen molar-refractivity contribution in [3.8, 4) is 0 Å². The van der Waals surface area contributed by atoms with E-state index in [-0.39, 0.29) is 11.6 Å². The van der Waals surface area contributed by atoms with Gasteiger partial charge in [0, 0.05) is 22.9 Å². The van der Waals surface area contributed by atoms with E-state index in [2.05, 4.69) is 26.3 Å². The molecule has 0 unspecified atom stereocenters. The summed E-state index contributed by atoms with van der Waals surface area (Å²) in [5, 5.41) is 6.97. The second-order valence-corrected chi connectivity index (χ2v) is 5.12. The van der Waals surface area contributed by atoms with Gasteiger partial charge in [-0.15, -0.1) is 0 Å². The van der Waals surface area contributed by atoms with Gasteiger partial charge in [0.1, 0.15) is 0 Å². The number of halogens is 1. The molecule has 0 saturated carbocycles. The van der Waals surface area contributed by atoms with Gasteiger partial charge >= 0.3 is 0 Å². The fraction of sp³-hybridized carbons (Fsp3) is 0.231. The molecule has 0 radical (unpaired) electrons. The van der Waals surface area contributed by atoms with Crippen molar-refractivity contribution in [1.82, 2.24) is 9.78 Å². The molecule has 6 heteroatoms. The molecule has 0 aliphatic carbocycles. The van der Waals surface area contributed by atoms with E-state index in [4.69, 9.17) is 5.73 Å². The Hall–Kier alpha value is -1.82. The topological polar surface area (TPSA) is 72.9 Å². The Morgan fingerprint density at radius 1 is 1.53 bits per heavy atom. The van der Waals surface area contributed by atoms with Gasteiger partial charge in [-0.2, -0.15) is 5.10 Å². The smallest absolute Gasteiger partial charge is 0.278 e. The SMILES string of the molecule is CCn1cc(N)c(C(=O)Nc2cc(Br)ccc2C)n1. The molecule has 0 saturated heterocycles. The van der Waals surface area contributed by atoms with Crippen molar-refractivity contribution >= 4 is 33.2 Å². The minimum Gasteiger partial charge on any atom is -0.396 e. The number of hydrogen-bond acceptors (Lipinski definition) is 3. The van der Waals surface area contributed by atoms with Crippen LogP contribution in [0.15, 0.2) is 28.9 Å². The molecule has 2 rings (SSSR count). The number of rotatable bonds is 3. The largest absolute Gasteiger partial charge is 0.396 e. The first-order chi connectivity index (χ1) is 9.01. The lowest BCUT2D eigenvalue weighted by atomic mass is 10.2. The highest BCUT2D eigenvalue weighted by atomic mass is 79.9. The molecule has 5 nitrogen and oxygen atoms in total. The zero-order valence-corrected chi connectivity index (χ0v) is 12.4. The standard InChI is InChI=1S/C13H15BrN4O/c1-3-18-7-10(15)12(17-18)13(19)16-11-6-9(14)5-4-8(11)2/h4-7H,3,15H2,1-2H3,(H,16,19). The molecule has 0 spiro atoms. The maximum absolute atomic E-state index is 12.1. The molecule has 0 bridgehead atoms. The predicted octanol–water partition coefficient (Wildman–Crippen LogP) is 2.81. The quantitative estimate of drug-likeness (QED) is 0.912. The summed E-state index contributed by atoms with van der Waals surface area (Å²) in [5.74, 6) is -0.300. The van der Waals surface area contributed by atoms with Crippen LogP contribution in [0.3, 0.4) is 0 Å². The molecule has 3 N–H and O–H groups in total. The van der Waals surface area contributed by atoms with Crippen molar-refractivity contribution in [3.05, 3.63) is 40.1 Å². The maximum Gasteiger partial charge on any atom is 0.278 e. The van der Waals surface area contributed by atoms with E-state index in [1.54, 1.807) is 10.9 Å². The van der Waals surface area contributed by atoms with Crippen molar-refractivity contribution in [2.24, 2.45) is 0 Å². The lowest BCUT2D eigenvalue weighted by Gasteiger charge is -2.07. The average Bonchev–Trinajstić information content (AvgIpc) is 2.75. The molecule has 19 heavy (non-hydrogen) atoms. The summed E-state index contributed by atoms with van der Waals surface area (Å²) < 4.78 is 2.54. The Kier molecular flexibility index (Phi) is 3.90. The molecule has 1 aromatic heterocycles. The second-order valence-electron chi connectivity index (χ2n) is 4.20. The number of carbonyl (C=O) groups excluding carboxylic acids is 1. The van der Waals surface area contributed by atoms with Gasteiger partial charge in [0.25, 0.3) is 5.91 Å². The highest BCUT2D eigenvalue weighted by molar-refractivity contribution is 9.10. The molecular weight excluding hydrogens is 308 g/mol. The summed E-state index contributed by atoms with van der Waals surface area (Å²) in [6, 6.07) is 5.69. The number of benzene rings is 1. The van der Waals surface area contributed by atoms with Crippen molar-refractivity contribution in [2.45, 2.75) is 20.4 Å². The van der Waals surface area contributed by atoms with Crippen LogP contribution in [-0.4, -0.2) is 15.7 Å². The number of nitrogens with one attached hydrogen (secondary N) is 1. The summed E-state index contributed by atoms with van der Waals surface area (Å²) in [7, 11) is 0. The van der Waals surface area contributed by atoms with Crippen LogP contribution in [-0.2, 0) is 6.54 Å². The van der Waals surface area contributed by atoms with Gasteiger partial charge in [0.2, 0.25) is 0 Å². The molecule has 2 aromatic rings. The maximum atomic E-state index is 12.1. The fourth-order valence-electron chi connectivity index (χ4n) is 1.69. The van der Waals surface area contributed by atoms with Crippen molar-refractivity contribution < 1.29 is 4.79 Å². The predicted molar refractivity (Wildman–Crippen MR) is 79.1 cm³/mol. The minimum atomic E-state index is -0.300. The summed E-state index contributed by atoms with van der Waals surface area (Å²) in [6.45, 7) is 4.54. The van der Waals surface area contributed by atoms with Gasteiger partial charge in [0.05, 0.1) is 5.69 Å². The Morgan fingerprint density at radius 3 is 2.89 bits per heavy atom. The number of aryl methyl sites for hydroxylation is 2. The molecule has 1 amide bonds.